The molecule has 0 aliphatic heterocycles. The minimum absolute atomic E-state index is 0.0276. The van der Waals surface area contributed by atoms with E-state index >= 15 is 0 Å². The zero-order chi connectivity index (χ0) is 16.9. The number of nitrogens with zero attached hydrogens (tertiary/aromatic N) is 4. The van der Waals surface area contributed by atoms with Crippen LogP contribution >= 0.6 is 0 Å². The Balaban J connectivity index is 1.78. The second-order valence-electron chi connectivity index (χ2n) is 5.27. The van der Waals surface area contributed by atoms with Crippen molar-refractivity contribution in [3.8, 4) is 11.5 Å². The van der Waals surface area contributed by atoms with E-state index in [0.717, 1.165) is 5.69 Å². The van der Waals surface area contributed by atoms with E-state index in [1.165, 1.54) is 0 Å². The van der Waals surface area contributed by atoms with Crippen LogP contribution in [0.25, 0.3) is 17.2 Å². The largest absolute Gasteiger partial charge is 0.394 e. The van der Waals surface area contributed by atoms with Gasteiger partial charge in [-0.25, -0.2) is 0 Å². The van der Waals surface area contributed by atoms with Crippen LogP contribution in [0, 0.1) is 0 Å². The molecule has 0 aliphatic carbocycles. The van der Waals surface area contributed by atoms with Gasteiger partial charge in [-0.1, -0.05) is 0 Å². The van der Waals surface area contributed by atoms with Crippen molar-refractivity contribution in [2.24, 2.45) is 7.05 Å². The first-order valence-corrected chi connectivity index (χ1v) is 7.64. The molecule has 0 saturated carbocycles. The Hall–Kier alpha value is -2.71. The molecule has 0 radical (unpaired) electrons. The van der Waals surface area contributed by atoms with Crippen molar-refractivity contribution in [1.82, 2.24) is 24.5 Å². The highest BCUT2D eigenvalue weighted by molar-refractivity contribution is 5.94. The maximum Gasteiger partial charge on any atom is 0.252 e. The van der Waals surface area contributed by atoms with Gasteiger partial charge >= 0.3 is 0 Å². The van der Waals surface area contributed by atoms with Crippen LogP contribution < -0.4 is 5.32 Å². The molecule has 0 bridgehead atoms. The summed E-state index contributed by atoms with van der Waals surface area (Å²) in [6.07, 6.45) is 3.65. The van der Waals surface area contributed by atoms with Gasteiger partial charge in [-0.2, -0.15) is 0 Å². The average molecular weight is 329 g/mol. The number of pyridine rings is 1. The molecule has 8 nitrogen and oxygen atoms in total. The number of aromatic nitrogens is 4. The second-order valence-corrected chi connectivity index (χ2v) is 5.27. The number of hydrogen-bond acceptors (Lipinski definition) is 5. The van der Waals surface area contributed by atoms with Gasteiger partial charge in [0, 0.05) is 26.0 Å². The molecule has 2 N–H and O–H groups in total. The van der Waals surface area contributed by atoms with Gasteiger partial charge in [0.1, 0.15) is 0 Å². The van der Waals surface area contributed by atoms with E-state index in [0.29, 0.717) is 30.2 Å². The second kappa shape index (κ2) is 7.24. The molecule has 0 unspecified atom stereocenters. The van der Waals surface area contributed by atoms with E-state index in [9.17, 15) is 4.79 Å². The molecular weight excluding hydrogens is 310 g/mol. The van der Waals surface area contributed by atoms with Crippen molar-refractivity contribution >= 4 is 11.6 Å². The number of amides is 1. The third-order valence-electron chi connectivity index (χ3n) is 3.60. The number of rotatable bonds is 7. The maximum absolute atomic E-state index is 12.2. The summed E-state index contributed by atoms with van der Waals surface area (Å²) in [5.74, 6) is 0.481. The summed E-state index contributed by atoms with van der Waals surface area (Å²) in [6, 6.07) is 7.35. The van der Waals surface area contributed by atoms with Crippen molar-refractivity contribution in [1.29, 1.82) is 0 Å². The third-order valence-corrected chi connectivity index (χ3v) is 3.60. The van der Waals surface area contributed by atoms with E-state index in [-0.39, 0.29) is 19.1 Å². The summed E-state index contributed by atoms with van der Waals surface area (Å²) < 4.78 is 8.86. The van der Waals surface area contributed by atoms with Crippen LogP contribution in [-0.4, -0.2) is 56.5 Å². The minimum Gasteiger partial charge on any atom is -0.394 e. The number of ether oxygens (including phenoxy) is 1. The minimum atomic E-state index is -0.198. The summed E-state index contributed by atoms with van der Waals surface area (Å²) >= 11 is 0. The standard InChI is InChI=1S/C16H19N5O3/c1-20-7-2-3-13(20)15-19-18-14-5-4-12(11-21(14)15)16(23)17-6-9-24-10-8-22/h2-5,7,11,22H,6,8-10H2,1H3,(H,17,23). The molecular formula is C16H19N5O3. The number of hydrogen-bond donors (Lipinski definition) is 2. The number of fused-ring (bicyclic) bond motifs is 1. The topological polar surface area (TPSA) is 93.7 Å². The molecule has 3 aromatic rings. The number of nitrogens with one attached hydrogen (secondary N) is 1. The van der Waals surface area contributed by atoms with E-state index in [1.54, 1.807) is 22.7 Å². The fraction of sp³-hybridized carbons (Fsp3) is 0.312. The molecule has 3 heterocycles. The lowest BCUT2D eigenvalue weighted by atomic mass is 10.2. The van der Waals surface area contributed by atoms with E-state index in [1.807, 2.05) is 29.9 Å². The number of aryl methyl sites for hydroxylation is 1. The molecule has 0 saturated heterocycles. The molecule has 3 aromatic heterocycles. The fourth-order valence-corrected chi connectivity index (χ4v) is 2.40. The highest BCUT2D eigenvalue weighted by Gasteiger charge is 2.13. The molecule has 0 fully saturated rings. The molecule has 3 rings (SSSR count). The maximum atomic E-state index is 12.2. The normalized spacial score (nSPS) is 11.1. The van der Waals surface area contributed by atoms with Crippen molar-refractivity contribution in [3.63, 3.8) is 0 Å². The van der Waals surface area contributed by atoms with Crippen LogP contribution in [0.4, 0.5) is 0 Å². The van der Waals surface area contributed by atoms with E-state index in [2.05, 4.69) is 15.5 Å². The molecule has 0 spiro atoms. The fourth-order valence-electron chi connectivity index (χ4n) is 2.40. The van der Waals surface area contributed by atoms with Gasteiger partial charge in [-0.3, -0.25) is 9.20 Å². The molecule has 0 aliphatic rings. The van der Waals surface area contributed by atoms with Crippen LogP contribution in [0.3, 0.4) is 0 Å². The number of carbonyl (C=O) groups excluding carboxylic acids is 1. The lowest BCUT2D eigenvalue weighted by Crippen LogP contribution is -2.27. The molecule has 0 atom stereocenters. The Labute approximate surface area is 138 Å². The first-order chi connectivity index (χ1) is 11.7. The zero-order valence-electron chi connectivity index (χ0n) is 13.3. The van der Waals surface area contributed by atoms with Crippen molar-refractivity contribution in [2.45, 2.75) is 0 Å². The SMILES string of the molecule is Cn1cccc1-c1nnc2ccc(C(=O)NCCOCCO)cn12. The van der Waals surface area contributed by atoms with E-state index < -0.39 is 0 Å². The van der Waals surface area contributed by atoms with Crippen LogP contribution in [0.5, 0.6) is 0 Å². The van der Waals surface area contributed by atoms with Gasteiger partial charge in [0.05, 0.1) is 31.1 Å². The highest BCUT2D eigenvalue weighted by Crippen LogP contribution is 2.18. The number of carbonyl (C=O) groups is 1. The van der Waals surface area contributed by atoms with Gasteiger partial charge in [0.25, 0.3) is 5.91 Å². The predicted octanol–water partition coefficient (Wildman–Crippen LogP) is 0.473. The molecule has 8 heteroatoms. The van der Waals surface area contributed by atoms with Crippen molar-refractivity contribution < 1.29 is 14.6 Å². The van der Waals surface area contributed by atoms with Gasteiger partial charge in [-0.05, 0) is 24.3 Å². The van der Waals surface area contributed by atoms with Crippen LogP contribution in [0.15, 0.2) is 36.7 Å². The Bertz CT molecular complexity index is 839. The van der Waals surface area contributed by atoms with E-state index in [4.69, 9.17) is 9.84 Å². The lowest BCUT2D eigenvalue weighted by Gasteiger charge is -2.07. The van der Waals surface area contributed by atoms with Gasteiger partial charge in [-0.15, -0.1) is 10.2 Å². The number of aliphatic hydroxyl groups is 1. The summed E-state index contributed by atoms with van der Waals surface area (Å²) in [6.45, 7) is 0.974. The summed E-state index contributed by atoms with van der Waals surface area (Å²) in [5.41, 5.74) is 2.10. The van der Waals surface area contributed by atoms with Crippen molar-refractivity contribution in [2.75, 3.05) is 26.4 Å². The Kier molecular flexibility index (Phi) is 4.88. The molecule has 24 heavy (non-hydrogen) atoms. The summed E-state index contributed by atoms with van der Waals surface area (Å²) in [7, 11) is 1.93. The first kappa shape index (κ1) is 16.2. The zero-order valence-corrected chi connectivity index (χ0v) is 13.3. The highest BCUT2D eigenvalue weighted by atomic mass is 16.5. The number of aliphatic hydroxyl groups excluding tert-OH is 1. The van der Waals surface area contributed by atoms with Gasteiger partial charge < -0.3 is 19.7 Å². The van der Waals surface area contributed by atoms with Gasteiger partial charge in [0.2, 0.25) is 0 Å². The van der Waals surface area contributed by atoms with Crippen LogP contribution in [0.1, 0.15) is 10.4 Å². The average Bonchev–Trinajstić information content (AvgIpc) is 3.19. The van der Waals surface area contributed by atoms with Crippen molar-refractivity contribution in [3.05, 3.63) is 42.2 Å². The molecule has 126 valence electrons. The Morgan fingerprint density at radius 1 is 1.29 bits per heavy atom. The first-order valence-electron chi connectivity index (χ1n) is 7.64. The Morgan fingerprint density at radius 3 is 2.92 bits per heavy atom. The van der Waals surface area contributed by atoms with Crippen LogP contribution in [-0.2, 0) is 11.8 Å². The lowest BCUT2D eigenvalue weighted by molar-refractivity contribution is 0.0838. The third kappa shape index (κ3) is 3.29. The quantitative estimate of drug-likeness (QED) is 0.615. The van der Waals surface area contributed by atoms with Crippen LogP contribution in [0.2, 0.25) is 0 Å². The molecule has 0 aromatic carbocycles. The van der Waals surface area contributed by atoms with Gasteiger partial charge in [0.15, 0.2) is 11.5 Å². The smallest absolute Gasteiger partial charge is 0.252 e. The summed E-state index contributed by atoms with van der Waals surface area (Å²) in [5, 5.41) is 19.8. The summed E-state index contributed by atoms with van der Waals surface area (Å²) in [4.78, 5) is 12.2. The predicted molar refractivity (Wildman–Crippen MR) is 87.6 cm³/mol. The Morgan fingerprint density at radius 2 is 2.17 bits per heavy atom. The molecule has 1 amide bonds. The monoisotopic (exact) mass is 329 g/mol.